The molecule has 0 radical (unpaired) electrons. The van der Waals surface area contributed by atoms with Gasteiger partial charge < -0.3 is 19.9 Å². The molecule has 3 heterocycles. The number of nitrogens with zero attached hydrogens (tertiary/aromatic N) is 4. The molecule has 1 N–H and O–H groups in total. The van der Waals surface area contributed by atoms with E-state index in [0.717, 1.165) is 49.4 Å². The fourth-order valence-electron chi connectivity index (χ4n) is 4.30. The third-order valence-electron chi connectivity index (χ3n) is 5.97. The second kappa shape index (κ2) is 9.97. The van der Waals surface area contributed by atoms with Crippen LogP contribution in [0.5, 0.6) is 5.75 Å². The van der Waals surface area contributed by atoms with Crippen LogP contribution in [0.4, 0.5) is 20.2 Å². The van der Waals surface area contributed by atoms with E-state index in [2.05, 4.69) is 36.8 Å². The molecule has 8 heteroatoms. The van der Waals surface area contributed by atoms with Crippen LogP contribution < -0.4 is 15.0 Å². The fourth-order valence-corrected chi connectivity index (χ4v) is 4.30. The molecule has 4 rings (SSSR count). The Labute approximate surface area is 187 Å². The third-order valence-corrected chi connectivity index (χ3v) is 5.97. The molecule has 1 aromatic carbocycles. The highest BCUT2D eigenvalue weighted by Crippen LogP contribution is 2.35. The van der Waals surface area contributed by atoms with Crippen LogP contribution in [0.2, 0.25) is 0 Å². The maximum atomic E-state index is 12.6. The Balaban J connectivity index is 1.57. The van der Waals surface area contributed by atoms with Crippen molar-refractivity contribution in [1.29, 1.82) is 0 Å². The van der Waals surface area contributed by atoms with Gasteiger partial charge in [0, 0.05) is 43.4 Å². The summed E-state index contributed by atoms with van der Waals surface area (Å²) in [5.41, 5.74) is 4.32. The summed E-state index contributed by atoms with van der Waals surface area (Å²) in [7, 11) is 0. The van der Waals surface area contributed by atoms with Crippen molar-refractivity contribution in [2.24, 2.45) is 4.99 Å². The Bertz CT molecular complexity index is 955. The monoisotopic (exact) mass is 441 g/mol. The van der Waals surface area contributed by atoms with Crippen LogP contribution in [0, 0.1) is 0 Å². The number of benzene rings is 1. The van der Waals surface area contributed by atoms with E-state index in [4.69, 9.17) is 0 Å². The lowest BCUT2D eigenvalue weighted by Gasteiger charge is -2.41. The average molecular weight is 442 g/mol. The first kappa shape index (κ1) is 22.0. The smallest absolute Gasteiger partial charge is 0.387 e. The van der Waals surface area contributed by atoms with Gasteiger partial charge in [-0.25, -0.2) is 0 Å². The molecule has 32 heavy (non-hydrogen) atoms. The number of nitrogens with one attached hydrogen (secondary N) is 1. The number of hydrogen-bond acceptors (Lipinski definition) is 6. The van der Waals surface area contributed by atoms with Gasteiger partial charge in [0.2, 0.25) is 0 Å². The minimum absolute atomic E-state index is 0.113. The van der Waals surface area contributed by atoms with E-state index in [1.807, 2.05) is 49.9 Å². The van der Waals surface area contributed by atoms with Crippen LogP contribution in [0.1, 0.15) is 32.3 Å². The number of pyridine rings is 1. The zero-order valence-corrected chi connectivity index (χ0v) is 18.4. The van der Waals surface area contributed by atoms with E-state index in [9.17, 15) is 8.78 Å². The Morgan fingerprint density at radius 2 is 1.94 bits per heavy atom. The number of aryl methyl sites for hydroxylation is 1. The van der Waals surface area contributed by atoms with Crippen LogP contribution in [-0.4, -0.2) is 48.0 Å². The predicted octanol–water partition coefficient (Wildman–Crippen LogP) is 4.71. The molecule has 2 aromatic rings. The van der Waals surface area contributed by atoms with Gasteiger partial charge in [-0.2, -0.15) is 8.78 Å². The van der Waals surface area contributed by atoms with Crippen molar-refractivity contribution in [1.82, 2.24) is 15.2 Å². The standard InChI is InChI=1S/C24H29F2N5O/c1-3-18-8-11-27-16-23(18)31(19-4-6-22(7-5-19)32-24(25)26)20-9-12-30(13-10-20)21-14-28-17(2)29-15-21/h4-8,11,14-17,20,24,28H,3,9-10,12-13H2,1-2H3. The first-order chi connectivity index (χ1) is 15.5. The molecule has 0 spiro atoms. The molecule has 6 nitrogen and oxygen atoms in total. The highest BCUT2D eigenvalue weighted by molar-refractivity contribution is 5.78. The Hall–Kier alpha value is -3.16. The van der Waals surface area contributed by atoms with Gasteiger partial charge in [0.1, 0.15) is 11.9 Å². The number of piperidine rings is 1. The van der Waals surface area contributed by atoms with Crippen LogP contribution in [-0.2, 0) is 6.42 Å². The van der Waals surface area contributed by atoms with Crippen molar-refractivity contribution >= 4 is 17.6 Å². The first-order valence-corrected chi connectivity index (χ1v) is 11.1. The quantitative estimate of drug-likeness (QED) is 0.675. The highest BCUT2D eigenvalue weighted by Gasteiger charge is 2.28. The van der Waals surface area contributed by atoms with Crippen molar-refractivity contribution < 1.29 is 13.5 Å². The molecule has 0 aliphatic carbocycles. The number of aliphatic imine (C=N–C) groups is 1. The van der Waals surface area contributed by atoms with Gasteiger partial charge in [0.25, 0.3) is 0 Å². The molecule has 170 valence electrons. The minimum Gasteiger partial charge on any atom is -0.435 e. The Morgan fingerprint density at radius 1 is 1.19 bits per heavy atom. The summed E-state index contributed by atoms with van der Waals surface area (Å²) in [5, 5.41) is 3.26. The minimum atomic E-state index is -2.83. The average Bonchev–Trinajstić information content (AvgIpc) is 2.81. The van der Waals surface area contributed by atoms with Gasteiger partial charge in [0.15, 0.2) is 0 Å². The molecule has 2 aliphatic rings. The van der Waals surface area contributed by atoms with Crippen molar-refractivity contribution in [2.45, 2.75) is 51.9 Å². The summed E-state index contributed by atoms with van der Waals surface area (Å²) in [6.45, 7) is 3.13. The number of likely N-dealkylation sites (tertiary alicyclic amines) is 1. The van der Waals surface area contributed by atoms with E-state index in [1.165, 1.54) is 5.56 Å². The maximum absolute atomic E-state index is 12.6. The topological polar surface area (TPSA) is 53.0 Å². The zero-order chi connectivity index (χ0) is 22.5. The molecule has 2 aliphatic heterocycles. The first-order valence-electron chi connectivity index (χ1n) is 11.1. The van der Waals surface area contributed by atoms with Gasteiger partial charge in [-0.15, -0.1) is 0 Å². The molecule has 1 fully saturated rings. The van der Waals surface area contributed by atoms with Crippen molar-refractivity contribution in [3.05, 3.63) is 60.2 Å². The number of ether oxygens (including phenoxy) is 1. The lowest BCUT2D eigenvalue weighted by molar-refractivity contribution is -0.0498. The summed E-state index contributed by atoms with van der Waals surface area (Å²) >= 11 is 0. The second-order valence-corrected chi connectivity index (χ2v) is 8.01. The normalized spacial score (nSPS) is 19.0. The van der Waals surface area contributed by atoms with E-state index >= 15 is 0 Å². The third kappa shape index (κ3) is 5.00. The number of rotatable bonds is 7. The molecule has 0 saturated carbocycles. The van der Waals surface area contributed by atoms with E-state index in [1.54, 1.807) is 12.1 Å². The number of anilines is 2. The number of hydrogen-bond donors (Lipinski definition) is 1. The van der Waals surface area contributed by atoms with Crippen molar-refractivity contribution in [3.8, 4) is 5.75 Å². The van der Waals surface area contributed by atoms with Crippen LogP contribution in [0.15, 0.2) is 59.6 Å². The van der Waals surface area contributed by atoms with E-state index in [0.29, 0.717) is 0 Å². The van der Waals surface area contributed by atoms with Gasteiger partial charge in [0.05, 0.1) is 17.6 Å². The molecule has 1 unspecified atom stereocenters. The fraction of sp³-hybridized carbons (Fsp3) is 0.417. The van der Waals surface area contributed by atoms with Crippen LogP contribution in [0.25, 0.3) is 0 Å². The lowest BCUT2D eigenvalue weighted by atomic mass is 9.99. The van der Waals surface area contributed by atoms with Crippen LogP contribution >= 0.6 is 0 Å². The second-order valence-electron chi connectivity index (χ2n) is 8.01. The number of alkyl halides is 2. The molecular weight excluding hydrogens is 412 g/mol. The lowest BCUT2D eigenvalue weighted by Crippen LogP contribution is -2.44. The van der Waals surface area contributed by atoms with Gasteiger partial charge in [-0.3, -0.25) is 9.98 Å². The number of halogens is 2. The van der Waals surface area contributed by atoms with Gasteiger partial charge >= 0.3 is 6.61 Å². The van der Waals surface area contributed by atoms with E-state index < -0.39 is 6.61 Å². The SMILES string of the molecule is CCc1ccncc1N(c1ccc(OC(F)F)cc1)C1CCN(C2=CNC(C)N=C2)CC1. The predicted molar refractivity (Wildman–Crippen MR) is 123 cm³/mol. The molecular formula is C24H29F2N5O. The molecule has 0 amide bonds. The summed E-state index contributed by atoms with van der Waals surface area (Å²) in [4.78, 5) is 13.5. The maximum Gasteiger partial charge on any atom is 0.387 e. The Morgan fingerprint density at radius 3 is 2.56 bits per heavy atom. The van der Waals surface area contributed by atoms with Crippen molar-refractivity contribution in [2.75, 3.05) is 18.0 Å². The molecule has 1 aromatic heterocycles. The zero-order valence-electron chi connectivity index (χ0n) is 18.4. The summed E-state index contributed by atoms with van der Waals surface area (Å²) in [6.07, 6.45) is 10.6. The van der Waals surface area contributed by atoms with Crippen molar-refractivity contribution in [3.63, 3.8) is 0 Å². The van der Waals surface area contributed by atoms with Gasteiger partial charge in [-0.05, 0) is 62.1 Å². The van der Waals surface area contributed by atoms with Gasteiger partial charge in [-0.1, -0.05) is 6.92 Å². The number of allylic oxidation sites excluding steroid dienone is 1. The molecule has 1 saturated heterocycles. The van der Waals surface area contributed by atoms with Crippen LogP contribution in [0.3, 0.4) is 0 Å². The molecule has 1 atom stereocenters. The highest BCUT2D eigenvalue weighted by atomic mass is 19.3. The summed E-state index contributed by atoms with van der Waals surface area (Å²) < 4.78 is 29.7. The summed E-state index contributed by atoms with van der Waals surface area (Å²) in [5.74, 6) is 0.158. The Kier molecular flexibility index (Phi) is 6.87. The van der Waals surface area contributed by atoms with E-state index in [-0.39, 0.29) is 18.0 Å². The summed E-state index contributed by atoms with van der Waals surface area (Å²) in [6, 6.07) is 9.19. The molecule has 0 bridgehead atoms. The number of aromatic nitrogens is 1. The largest absolute Gasteiger partial charge is 0.435 e.